The molecule has 0 aromatic heterocycles. The van der Waals surface area contributed by atoms with E-state index in [4.69, 9.17) is 4.74 Å². The highest BCUT2D eigenvalue weighted by molar-refractivity contribution is 9.10. The van der Waals surface area contributed by atoms with Crippen molar-refractivity contribution >= 4 is 27.5 Å². The largest absolute Gasteiger partial charge is 0.376 e. The van der Waals surface area contributed by atoms with Crippen LogP contribution in [0, 0.1) is 10.1 Å². The summed E-state index contributed by atoms with van der Waals surface area (Å²) in [5.74, 6) is -0.250. The summed E-state index contributed by atoms with van der Waals surface area (Å²) < 4.78 is 5.83. The Morgan fingerprint density at radius 1 is 1.52 bits per heavy atom. The summed E-state index contributed by atoms with van der Waals surface area (Å²) in [6.07, 6.45) is 3.15. The van der Waals surface area contributed by atoms with Gasteiger partial charge in [0.2, 0.25) is 0 Å². The van der Waals surface area contributed by atoms with Gasteiger partial charge < -0.3 is 9.64 Å². The molecule has 0 spiro atoms. The molecule has 1 aromatic carbocycles. The Labute approximate surface area is 131 Å². The van der Waals surface area contributed by atoms with E-state index in [9.17, 15) is 14.9 Å². The number of nitro groups is 1. The van der Waals surface area contributed by atoms with Gasteiger partial charge in [0.1, 0.15) is 4.47 Å². The van der Waals surface area contributed by atoms with Gasteiger partial charge in [0.15, 0.2) is 0 Å². The summed E-state index contributed by atoms with van der Waals surface area (Å²) in [7, 11) is 1.69. The number of carbonyl (C=O) groups excluding carboxylic acids is 1. The molecule has 2 rings (SSSR count). The maximum atomic E-state index is 12.4. The second kappa shape index (κ2) is 7.00. The number of nitro benzene ring substituents is 1. The molecule has 1 heterocycles. The Bertz CT molecular complexity index is 544. The van der Waals surface area contributed by atoms with E-state index in [1.807, 2.05) is 0 Å². The molecule has 1 fully saturated rings. The van der Waals surface area contributed by atoms with Crippen molar-refractivity contribution in [3.05, 3.63) is 38.3 Å². The average molecular weight is 357 g/mol. The van der Waals surface area contributed by atoms with Crippen LogP contribution in [0.15, 0.2) is 22.7 Å². The van der Waals surface area contributed by atoms with Crippen molar-refractivity contribution < 1.29 is 14.5 Å². The Balaban J connectivity index is 2.11. The molecule has 114 valence electrons. The lowest BCUT2D eigenvalue weighted by molar-refractivity contribution is -0.385. The molecule has 1 aromatic rings. The molecule has 1 saturated heterocycles. The lowest BCUT2D eigenvalue weighted by Crippen LogP contribution is -2.37. The lowest BCUT2D eigenvalue weighted by Gasteiger charge is -2.27. The molecular formula is C14H17BrN2O4. The third kappa shape index (κ3) is 3.79. The molecule has 0 N–H and O–H groups in total. The monoisotopic (exact) mass is 356 g/mol. The first-order valence-corrected chi connectivity index (χ1v) is 7.60. The van der Waals surface area contributed by atoms with Gasteiger partial charge in [-0.05, 0) is 41.3 Å². The maximum absolute atomic E-state index is 12.4. The van der Waals surface area contributed by atoms with Crippen molar-refractivity contribution in [3.8, 4) is 0 Å². The van der Waals surface area contributed by atoms with Crippen molar-refractivity contribution in [2.75, 3.05) is 20.2 Å². The van der Waals surface area contributed by atoms with Gasteiger partial charge >= 0.3 is 0 Å². The van der Waals surface area contributed by atoms with Crippen LogP contribution in [0.3, 0.4) is 0 Å². The van der Waals surface area contributed by atoms with Crippen LogP contribution >= 0.6 is 15.9 Å². The fourth-order valence-corrected chi connectivity index (χ4v) is 2.95. The minimum absolute atomic E-state index is 0.0465. The van der Waals surface area contributed by atoms with E-state index in [1.165, 1.54) is 12.1 Å². The summed E-state index contributed by atoms with van der Waals surface area (Å²) >= 11 is 3.16. The molecule has 1 aliphatic rings. The lowest BCUT2D eigenvalue weighted by atomic mass is 10.1. The Kier molecular flexibility index (Phi) is 5.30. The third-order valence-corrected chi connectivity index (χ3v) is 4.34. The number of benzene rings is 1. The van der Waals surface area contributed by atoms with Crippen molar-refractivity contribution in [1.29, 1.82) is 0 Å². The summed E-state index contributed by atoms with van der Waals surface area (Å²) in [4.78, 5) is 24.4. The smallest absolute Gasteiger partial charge is 0.284 e. The highest BCUT2D eigenvalue weighted by Crippen LogP contribution is 2.29. The first kappa shape index (κ1) is 15.9. The molecule has 21 heavy (non-hydrogen) atoms. The number of hydrogen-bond donors (Lipinski definition) is 0. The number of rotatable bonds is 4. The van der Waals surface area contributed by atoms with Gasteiger partial charge in [-0.2, -0.15) is 0 Å². The van der Waals surface area contributed by atoms with E-state index in [0.717, 1.165) is 25.9 Å². The number of likely N-dealkylation sites (N-methyl/N-ethyl adjacent to an activating group) is 1. The van der Waals surface area contributed by atoms with Crippen molar-refractivity contribution in [3.63, 3.8) is 0 Å². The standard InChI is InChI=1S/C14H17BrN2O4/c1-16(9-10-5-2-3-8-21-10)14(18)11-6-4-7-12(13(11)15)17(19)20/h4,6-7,10H,2-3,5,8-9H2,1H3. The molecule has 0 radical (unpaired) electrons. The van der Waals surface area contributed by atoms with Gasteiger partial charge in [0, 0.05) is 26.3 Å². The molecule has 0 bridgehead atoms. The fourth-order valence-electron chi connectivity index (χ4n) is 2.37. The average Bonchev–Trinajstić information content (AvgIpc) is 2.47. The van der Waals surface area contributed by atoms with Crippen LogP contribution in [0.25, 0.3) is 0 Å². The van der Waals surface area contributed by atoms with Gasteiger partial charge in [-0.15, -0.1) is 0 Å². The van der Waals surface area contributed by atoms with Gasteiger partial charge in [0.25, 0.3) is 11.6 Å². The molecule has 1 amide bonds. The molecular weight excluding hydrogens is 340 g/mol. The topological polar surface area (TPSA) is 72.7 Å². The zero-order chi connectivity index (χ0) is 15.4. The third-order valence-electron chi connectivity index (χ3n) is 3.50. The Hall–Kier alpha value is -1.47. The summed E-state index contributed by atoms with van der Waals surface area (Å²) in [5, 5.41) is 10.9. The summed E-state index contributed by atoms with van der Waals surface area (Å²) in [6, 6.07) is 4.46. The van der Waals surface area contributed by atoms with Gasteiger partial charge in [-0.1, -0.05) is 6.07 Å². The number of nitrogens with zero attached hydrogens (tertiary/aromatic N) is 2. The van der Waals surface area contributed by atoms with E-state index >= 15 is 0 Å². The number of ether oxygens (including phenoxy) is 1. The number of amides is 1. The molecule has 1 aliphatic heterocycles. The van der Waals surface area contributed by atoms with Crippen molar-refractivity contribution in [1.82, 2.24) is 4.90 Å². The highest BCUT2D eigenvalue weighted by atomic mass is 79.9. The first-order valence-electron chi connectivity index (χ1n) is 6.80. The van der Waals surface area contributed by atoms with Crippen LogP contribution in [0.5, 0.6) is 0 Å². The molecule has 7 heteroatoms. The molecule has 0 saturated carbocycles. The molecule has 6 nitrogen and oxygen atoms in total. The second-order valence-electron chi connectivity index (χ2n) is 5.07. The van der Waals surface area contributed by atoms with E-state index in [1.54, 1.807) is 18.0 Å². The highest BCUT2D eigenvalue weighted by Gasteiger charge is 2.24. The van der Waals surface area contributed by atoms with Crippen LogP contribution in [0.4, 0.5) is 5.69 Å². The summed E-state index contributed by atoms with van der Waals surface area (Å²) in [5.41, 5.74) is 0.186. The van der Waals surface area contributed by atoms with Crippen molar-refractivity contribution in [2.24, 2.45) is 0 Å². The predicted octanol–water partition coefficient (Wildman–Crippen LogP) is 3.00. The quantitative estimate of drug-likeness (QED) is 0.613. The van der Waals surface area contributed by atoms with Gasteiger partial charge in [-0.25, -0.2) is 0 Å². The zero-order valence-electron chi connectivity index (χ0n) is 11.8. The van der Waals surface area contributed by atoms with E-state index < -0.39 is 4.92 Å². The maximum Gasteiger partial charge on any atom is 0.284 e. The predicted molar refractivity (Wildman–Crippen MR) is 81.3 cm³/mol. The molecule has 1 atom stereocenters. The SMILES string of the molecule is CN(CC1CCCCO1)C(=O)c1cccc([N+](=O)[O-])c1Br. The van der Waals surface area contributed by atoms with Crippen molar-refractivity contribution in [2.45, 2.75) is 25.4 Å². The van der Waals surface area contributed by atoms with Crippen LogP contribution in [-0.2, 0) is 4.74 Å². The minimum Gasteiger partial charge on any atom is -0.376 e. The first-order chi connectivity index (χ1) is 10.0. The van der Waals surface area contributed by atoms with Crippen LogP contribution in [0.2, 0.25) is 0 Å². The van der Waals surface area contributed by atoms with Gasteiger partial charge in [-0.3, -0.25) is 14.9 Å². The Morgan fingerprint density at radius 3 is 2.90 bits per heavy atom. The number of hydrogen-bond acceptors (Lipinski definition) is 4. The Morgan fingerprint density at radius 2 is 2.29 bits per heavy atom. The van der Waals surface area contributed by atoms with Crippen LogP contribution in [-0.4, -0.2) is 42.0 Å². The molecule has 1 unspecified atom stereocenters. The van der Waals surface area contributed by atoms with E-state index in [-0.39, 0.29) is 22.2 Å². The minimum atomic E-state index is -0.509. The molecule has 0 aliphatic carbocycles. The number of halogens is 1. The normalized spacial score (nSPS) is 18.3. The van der Waals surface area contributed by atoms with E-state index in [0.29, 0.717) is 12.1 Å². The van der Waals surface area contributed by atoms with E-state index in [2.05, 4.69) is 15.9 Å². The zero-order valence-corrected chi connectivity index (χ0v) is 13.3. The second-order valence-corrected chi connectivity index (χ2v) is 5.86. The number of carbonyl (C=O) groups is 1. The van der Waals surface area contributed by atoms with Gasteiger partial charge in [0.05, 0.1) is 16.6 Å². The fraction of sp³-hybridized carbons (Fsp3) is 0.500. The summed E-state index contributed by atoms with van der Waals surface area (Å²) in [6.45, 7) is 1.22. The van der Waals surface area contributed by atoms with Crippen LogP contribution in [0.1, 0.15) is 29.6 Å². The van der Waals surface area contributed by atoms with Crippen LogP contribution < -0.4 is 0 Å².